The summed E-state index contributed by atoms with van der Waals surface area (Å²) >= 11 is 0. The molecule has 0 spiro atoms. The van der Waals surface area contributed by atoms with Crippen molar-refractivity contribution < 1.29 is 21.6 Å². The minimum absolute atomic E-state index is 0. The number of benzene rings is 2. The highest BCUT2D eigenvalue weighted by molar-refractivity contribution is 14.0. The lowest BCUT2D eigenvalue weighted by molar-refractivity contribution is 0.556. The van der Waals surface area contributed by atoms with Crippen LogP contribution in [0, 0.1) is 17.5 Å². The molecule has 2 N–H and O–H groups in total. The van der Waals surface area contributed by atoms with Crippen molar-refractivity contribution in [3.63, 3.8) is 0 Å². The van der Waals surface area contributed by atoms with E-state index in [2.05, 4.69) is 15.6 Å². The van der Waals surface area contributed by atoms with Crippen molar-refractivity contribution >= 4 is 39.8 Å². The average molecular weight is 555 g/mol. The SMILES string of the molecule is CN=C(NCc1cc(F)ccc1CS(C)(=O)=O)NCC(C)c1ccc(F)cc1F.I. The van der Waals surface area contributed by atoms with E-state index in [1.807, 2.05) is 0 Å². The Balaban J connectivity index is 0.00000450. The van der Waals surface area contributed by atoms with Gasteiger partial charge in [0.15, 0.2) is 15.8 Å². The molecule has 0 radical (unpaired) electrons. The number of rotatable bonds is 7. The van der Waals surface area contributed by atoms with Gasteiger partial charge in [-0.3, -0.25) is 4.99 Å². The Morgan fingerprint density at radius 2 is 1.67 bits per heavy atom. The first-order valence-electron chi connectivity index (χ1n) is 8.93. The number of hydrogen-bond acceptors (Lipinski definition) is 3. The number of nitrogens with one attached hydrogen (secondary N) is 2. The highest BCUT2D eigenvalue weighted by atomic mass is 127. The van der Waals surface area contributed by atoms with Gasteiger partial charge in [-0.15, -0.1) is 24.0 Å². The van der Waals surface area contributed by atoms with Crippen LogP contribution in [-0.4, -0.2) is 34.2 Å². The second kappa shape index (κ2) is 11.5. The summed E-state index contributed by atoms with van der Waals surface area (Å²) < 4.78 is 63.7. The molecule has 0 fully saturated rings. The van der Waals surface area contributed by atoms with E-state index in [1.165, 1.54) is 30.3 Å². The van der Waals surface area contributed by atoms with Crippen molar-refractivity contribution in [2.75, 3.05) is 19.8 Å². The summed E-state index contributed by atoms with van der Waals surface area (Å²) in [4.78, 5) is 4.06. The highest BCUT2D eigenvalue weighted by Gasteiger charge is 2.14. The smallest absolute Gasteiger partial charge is 0.191 e. The van der Waals surface area contributed by atoms with Crippen LogP contribution in [0.4, 0.5) is 13.2 Å². The maximum atomic E-state index is 13.9. The second-order valence-electron chi connectivity index (χ2n) is 6.86. The molecule has 2 rings (SSSR count). The van der Waals surface area contributed by atoms with Gasteiger partial charge in [-0.25, -0.2) is 21.6 Å². The minimum Gasteiger partial charge on any atom is -0.356 e. The van der Waals surface area contributed by atoms with E-state index in [1.54, 1.807) is 14.0 Å². The van der Waals surface area contributed by atoms with Crippen molar-refractivity contribution in [1.82, 2.24) is 10.6 Å². The van der Waals surface area contributed by atoms with Gasteiger partial charge in [-0.2, -0.15) is 0 Å². The Labute approximate surface area is 192 Å². The van der Waals surface area contributed by atoms with Gasteiger partial charge in [-0.05, 0) is 34.9 Å². The summed E-state index contributed by atoms with van der Waals surface area (Å²) in [6.07, 6.45) is 1.12. The Morgan fingerprint density at radius 3 is 2.27 bits per heavy atom. The molecular formula is C20H25F3IN3O2S. The van der Waals surface area contributed by atoms with Gasteiger partial charge in [0.2, 0.25) is 0 Å². The third kappa shape index (κ3) is 8.13. The standard InChI is InChI=1S/C20H24F3N3O2S.HI/c1-13(18-7-6-17(22)9-19(18)23)10-25-20(24-2)26-11-15-8-16(21)5-4-14(15)12-29(3,27)28;/h4-9,13H,10-12H2,1-3H3,(H2,24,25,26);1H. The summed E-state index contributed by atoms with van der Waals surface area (Å²) in [5, 5.41) is 6.02. The summed E-state index contributed by atoms with van der Waals surface area (Å²) in [5.41, 5.74) is 1.37. The van der Waals surface area contributed by atoms with Crippen LogP contribution < -0.4 is 10.6 Å². The Bertz CT molecular complexity index is 1000. The second-order valence-corrected chi connectivity index (χ2v) is 9.00. The molecule has 2 aromatic rings. The first kappa shape index (κ1) is 26.2. The largest absolute Gasteiger partial charge is 0.356 e. The van der Waals surface area contributed by atoms with Gasteiger partial charge in [0.25, 0.3) is 0 Å². The molecule has 1 atom stereocenters. The summed E-state index contributed by atoms with van der Waals surface area (Å²) in [7, 11) is -1.73. The van der Waals surface area contributed by atoms with Crippen molar-refractivity contribution in [2.45, 2.75) is 25.1 Å². The maximum absolute atomic E-state index is 13.9. The van der Waals surface area contributed by atoms with Crippen molar-refractivity contribution in [2.24, 2.45) is 4.99 Å². The van der Waals surface area contributed by atoms with Gasteiger partial charge in [0, 0.05) is 38.4 Å². The minimum atomic E-state index is -3.27. The fraction of sp³-hybridized carbons (Fsp3) is 0.350. The van der Waals surface area contributed by atoms with Gasteiger partial charge >= 0.3 is 0 Å². The molecule has 10 heteroatoms. The molecule has 0 bridgehead atoms. The van der Waals surface area contributed by atoms with Crippen LogP contribution >= 0.6 is 24.0 Å². The molecule has 0 aliphatic rings. The average Bonchev–Trinajstić information content (AvgIpc) is 2.62. The summed E-state index contributed by atoms with van der Waals surface area (Å²) in [6, 6.07) is 7.38. The van der Waals surface area contributed by atoms with E-state index in [4.69, 9.17) is 0 Å². The monoisotopic (exact) mass is 555 g/mol. The Morgan fingerprint density at radius 1 is 1.03 bits per heavy atom. The zero-order valence-corrected chi connectivity index (χ0v) is 20.0. The number of nitrogens with zero attached hydrogens (tertiary/aromatic N) is 1. The van der Waals surface area contributed by atoms with Gasteiger partial charge in [-0.1, -0.05) is 19.1 Å². The molecule has 1 unspecified atom stereocenters. The fourth-order valence-corrected chi connectivity index (χ4v) is 3.69. The number of aliphatic imine (C=N–C) groups is 1. The van der Waals surface area contributed by atoms with Gasteiger partial charge in [0.05, 0.1) is 5.75 Å². The number of hydrogen-bond donors (Lipinski definition) is 2. The molecule has 0 heterocycles. The summed E-state index contributed by atoms with van der Waals surface area (Å²) in [5.74, 6) is -1.80. The predicted octanol–water partition coefficient (Wildman–Crippen LogP) is 3.74. The fourth-order valence-electron chi connectivity index (χ4n) is 2.84. The number of halogens is 4. The van der Waals surface area contributed by atoms with Crippen molar-refractivity contribution in [3.05, 3.63) is 70.5 Å². The predicted molar refractivity (Wildman–Crippen MR) is 123 cm³/mol. The maximum Gasteiger partial charge on any atom is 0.191 e. The van der Waals surface area contributed by atoms with Crippen LogP contribution in [0.15, 0.2) is 41.4 Å². The Hall–Kier alpha value is -1.82. The molecule has 30 heavy (non-hydrogen) atoms. The van der Waals surface area contributed by atoms with E-state index >= 15 is 0 Å². The lowest BCUT2D eigenvalue weighted by Crippen LogP contribution is -2.39. The molecule has 166 valence electrons. The lowest BCUT2D eigenvalue weighted by atomic mass is 10.0. The normalized spacial score (nSPS) is 12.8. The van der Waals surface area contributed by atoms with Crippen molar-refractivity contribution in [1.29, 1.82) is 0 Å². The lowest BCUT2D eigenvalue weighted by Gasteiger charge is -2.18. The highest BCUT2D eigenvalue weighted by Crippen LogP contribution is 2.19. The number of sulfone groups is 1. The van der Waals surface area contributed by atoms with E-state index < -0.39 is 27.3 Å². The summed E-state index contributed by atoms with van der Waals surface area (Å²) in [6.45, 7) is 2.26. The molecule has 0 aliphatic heterocycles. The van der Waals surface area contributed by atoms with E-state index in [0.29, 0.717) is 29.2 Å². The molecule has 0 aromatic heterocycles. The molecule has 0 saturated heterocycles. The zero-order chi connectivity index (χ0) is 21.6. The van der Waals surface area contributed by atoms with E-state index in [-0.39, 0.29) is 42.2 Å². The molecule has 2 aromatic carbocycles. The molecule has 0 amide bonds. The van der Waals surface area contributed by atoms with Crippen LogP contribution in [0.25, 0.3) is 0 Å². The topological polar surface area (TPSA) is 70.6 Å². The first-order valence-corrected chi connectivity index (χ1v) is 11.0. The van der Waals surface area contributed by atoms with Crippen LogP contribution in [0.2, 0.25) is 0 Å². The third-order valence-electron chi connectivity index (χ3n) is 4.33. The third-order valence-corrected chi connectivity index (χ3v) is 5.16. The van der Waals surface area contributed by atoms with Crippen LogP contribution in [0.5, 0.6) is 0 Å². The van der Waals surface area contributed by atoms with Crippen LogP contribution in [0.1, 0.15) is 29.5 Å². The van der Waals surface area contributed by atoms with Crippen molar-refractivity contribution in [3.8, 4) is 0 Å². The van der Waals surface area contributed by atoms with Gasteiger partial charge in [0.1, 0.15) is 17.5 Å². The van der Waals surface area contributed by atoms with Gasteiger partial charge < -0.3 is 10.6 Å². The molecule has 0 aliphatic carbocycles. The molecule has 0 saturated carbocycles. The quantitative estimate of drug-likeness (QED) is 0.311. The zero-order valence-electron chi connectivity index (χ0n) is 16.9. The first-order chi connectivity index (χ1) is 13.6. The number of guanidine groups is 1. The van der Waals surface area contributed by atoms with E-state index in [0.717, 1.165) is 12.3 Å². The van der Waals surface area contributed by atoms with Crippen LogP contribution in [0.3, 0.4) is 0 Å². The van der Waals surface area contributed by atoms with E-state index in [9.17, 15) is 21.6 Å². The molecular weight excluding hydrogens is 530 g/mol. The van der Waals surface area contributed by atoms with Crippen LogP contribution in [-0.2, 0) is 22.1 Å². The Kier molecular flexibility index (Phi) is 10.1. The molecule has 5 nitrogen and oxygen atoms in total.